The van der Waals surface area contributed by atoms with E-state index in [9.17, 15) is 10.2 Å². The van der Waals surface area contributed by atoms with E-state index < -0.39 is 18.8 Å². The summed E-state index contributed by atoms with van der Waals surface area (Å²) in [4.78, 5) is 0. The van der Waals surface area contributed by atoms with Crippen LogP contribution in [0.5, 0.6) is 0 Å². The fourth-order valence-corrected chi connectivity index (χ4v) is 1.58. The van der Waals surface area contributed by atoms with Crippen LogP contribution in [0, 0.1) is 0 Å². The van der Waals surface area contributed by atoms with Gasteiger partial charge in [-0.25, -0.2) is 0 Å². The van der Waals surface area contributed by atoms with Crippen LogP contribution in [0.1, 0.15) is 30.3 Å². The number of aliphatic hydroxyl groups is 3. The molecule has 3 N–H and O–H groups in total. The Labute approximate surface area is 95.1 Å². The Kier molecular flexibility index (Phi) is 4.89. The molecule has 1 aromatic rings. The topological polar surface area (TPSA) is 69.9 Å². The standard InChI is InChI=1S/C12H18O4/c1-8(16-2)9-5-3-4-6-10(9)12(15)11(14)7-13/h3-6,8,11-15H,7H2,1-2H3. The summed E-state index contributed by atoms with van der Waals surface area (Å²) in [6, 6.07) is 7.16. The van der Waals surface area contributed by atoms with E-state index in [2.05, 4.69) is 0 Å². The lowest BCUT2D eigenvalue weighted by Crippen LogP contribution is -2.23. The van der Waals surface area contributed by atoms with Crippen molar-refractivity contribution in [3.63, 3.8) is 0 Å². The molecule has 0 spiro atoms. The molecule has 0 fully saturated rings. The molecule has 0 saturated heterocycles. The molecule has 0 radical (unpaired) electrons. The van der Waals surface area contributed by atoms with Gasteiger partial charge in [0.05, 0.1) is 12.7 Å². The van der Waals surface area contributed by atoms with Crippen LogP contribution >= 0.6 is 0 Å². The van der Waals surface area contributed by atoms with E-state index in [1.807, 2.05) is 19.1 Å². The fourth-order valence-electron chi connectivity index (χ4n) is 1.58. The average Bonchev–Trinajstić information content (AvgIpc) is 2.35. The summed E-state index contributed by atoms with van der Waals surface area (Å²) in [6.07, 6.45) is -2.44. The van der Waals surface area contributed by atoms with Crippen molar-refractivity contribution in [2.45, 2.75) is 25.2 Å². The van der Waals surface area contributed by atoms with E-state index >= 15 is 0 Å². The predicted octanol–water partition coefficient (Wildman–Crippen LogP) is 0.781. The Bertz CT molecular complexity index is 327. The molecule has 0 aliphatic rings. The third kappa shape index (κ3) is 2.80. The van der Waals surface area contributed by atoms with Gasteiger partial charge in [-0.1, -0.05) is 24.3 Å². The quantitative estimate of drug-likeness (QED) is 0.694. The summed E-state index contributed by atoms with van der Waals surface area (Å²) < 4.78 is 5.19. The lowest BCUT2D eigenvalue weighted by Gasteiger charge is -2.21. The van der Waals surface area contributed by atoms with Crippen molar-refractivity contribution in [1.29, 1.82) is 0 Å². The number of aliphatic hydroxyl groups excluding tert-OH is 3. The average molecular weight is 226 g/mol. The van der Waals surface area contributed by atoms with Crippen molar-refractivity contribution in [2.75, 3.05) is 13.7 Å². The molecule has 3 atom stereocenters. The van der Waals surface area contributed by atoms with Crippen molar-refractivity contribution in [3.05, 3.63) is 35.4 Å². The second kappa shape index (κ2) is 5.96. The number of ether oxygens (including phenoxy) is 1. The summed E-state index contributed by atoms with van der Waals surface area (Å²) in [6.45, 7) is 1.38. The van der Waals surface area contributed by atoms with Gasteiger partial charge in [-0.05, 0) is 18.1 Å². The second-order valence-corrected chi connectivity index (χ2v) is 3.70. The molecular formula is C12H18O4. The van der Waals surface area contributed by atoms with E-state index in [-0.39, 0.29) is 6.10 Å². The number of hydrogen-bond acceptors (Lipinski definition) is 4. The van der Waals surface area contributed by atoms with E-state index in [0.717, 1.165) is 5.56 Å². The van der Waals surface area contributed by atoms with Crippen molar-refractivity contribution in [1.82, 2.24) is 0 Å². The smallest absolute Gasteiger partial charge is 0.107 e. The highest BCUT2D eigenvalue weighted by atomic mass is 16.5. The number of methoxy groups -OCH3 is 1. The van der Waals surface area contributed by atoms with Crippen LogP contribution in [0.15, 0.2) is 24.3 Å². The molecule has 0 heterocycles. The van der Waals surface area contributed by atoms with Gasteiger partial charge in [-0.15, -0.1) is 0 Å². The molecule has 0 amide bonds. The first kappa shape index (κ1) is 13.1. The Morgan fingerprint density at radius 3 is 2.25 bits per heavy atom. The zero-order valence-corrected chi connectivity index (χ0v) is 9.50. The van der Waals surface area contributed by atoms with Crippen LogP contribution in [0.25, 0.3) is 0 Å². The summed E-state index contributed by atoms with van der Waals surface area (Å²) in [5.41, 5.74) is 1.39. The molecule has 1 rings (SSSR count). The Hall–Kier alpha value is -0.940. The highest BCUT2D eigenvalue weighted by Gasteiger charge is 2.21. The minimum atomic E-state index is -1.18. The zero-order chi connectivity index (χ0) is 12.1. The monoisotopic (exact) mass is 226 g/mol. The van der Waals surface area contributed by atoms with Gasteiger partial charge >= 0.3 is 0 Å². The first-order valence-corrected chi connectivity index (χ1v) is 5.20. The van der Waals surface area contributed by atoms with Crippen LogP contribution < -0.4 is 0 Å². The molecule has 0 bridgehead atoms. The summed E-state index contributed by atoms with van der Waals surface area (Å²) in [5.74, 6) is 0. The van der Waals surface area contributed by atoms with Gasteiger partial charge in [0.2, 0.25) is 0 Å². The molecule has 1 aromatic carbocycles. The molecule has 3 unspecified atom stereocenters. The van der Waals surface area contributed by atoms with Gasteiger partial charge in [0.1, 0.15) is 12.2 Å². The third-order valence-electron chi connectivity index (χ3n) is 2.66. The molecule has 4 heteroatoms. The third-order valence-corrected chi connectivity index (χ3v) is 2.66. The molecule has 90 valence electrons. The maximum Gasteiger partial charge on any atom is 0.107 e. The number of rotatable bonds is 5. The highest BCUT2D eigenvalue weighted by Crippen LogP contribution is 2.27. The summed E-state index contributed by atoms with van der Waals surface area (Å²) >= 11 is 0. The van der Waals surface area contributed by atoms with Crippen molar-refractivity contribution in [3.8, 4) is 0 Å². The largest absolute Gasteiger partial charge is 0.394 e. The lowest BCUT2D eigenvalue weighted by molar-refractivity contribution is -0.0169. The predicted molar refractivity (Wildman–Crippen MR) is 59.9 cm³/mol. The Balaban J connectivity index is 3.03. The van der Waals surface area contributed by atoms with Gasteiger partial charge in [-0.3, -0.25) is 0 Å². The van der Waals surface area contributed by atoms with Crippen molar-refractivity contribution >= 4 is 0 Å². The molecule has 16 heavy (non-hydrogen) atoms. The molecule has 0 aliphatic heterocycles. The maximum absolute atomic E-state index is 9.85. The van der Waals surface area contributed by atoms with Crippen molar-refractivity contribution < 1.29 is 20.1 Å². The SMILES string of the molecule is COC(C)c1ccccc1C(O)C(O)CO. The van der Waals surface area contributed by atoms with Crippen LogP contribution in [-0.2, 0) is 4.74 Å². The first-order chi connectivity index (χ1) is 7.61. The fraction of sp³-hybridized carbons (Fsp3) is 0.500. The van der Waals surface area contributed by atoms with Crippen LogP contribution in [0.3, 0.4) is 0 Å². The van der Waals surface area contributed by atoms with Crippen molar-refractivity contribution in [2.24, 2.45) is 0 Å². The number of benzene rings is 1. The molecule has 0 aromatic heterocycles. The van der Waals surface area contributed by atoms with E-state index in [0.29, 0.717) is 5.56 Å². The van der Waals surface area contributed by atoms with Crippen LogP contribution in [0.4, 0.5) is 0 Å². The van der Waals surface area contributed by atoms with Gasteiger partial charge < -0.3 is 20.1 Å². The molecule has 4 nitrogen and oxygen atoms in total. The second-order valence-electron chi connectivity index (χ2n) is 3.70. The van der Waals surface area contributed by atoms with E-state index in [4.69, 9.17) is 9.84 Å². The molecule has 0 saturated carbocycles. The summed E-state index contributed by atoms with van der Waals surface area (Å²) in [7, 11) is 1.58. The van der Waals surface area contributed by atoms with Gasteiger partial charge in [0.25, 0.3) is 0 Å². The van der Waals surface area contributed by atoms with Gasteiger partial charge in [-0.2, -0.15) is 0 Å². The summed E-state index contributed by atoms with van der Waals surface area (Å²) in [5, 5.41) is 28.1. The minimum absolute atomic E-state index is 0.170. The van der Waals surface area contributed by atoms with Crippen LogP contribution in [-0.4, -0.2) is 35.1 Å². The molecule has 0 aliphatic carbocycles. The van der Waals surface area contributed by atoms with Gasteiger partial charge in [0, 0.05) is 7.11 Å². The highest BCUT2D eigenvalue weighted by molar-refractivity contribution is 5.31. The number of hydrogen-bond donors (Lipinski definition) is 3. The Morgan fingerprint density at radius 1 is 1.19 bits per heavy atom. The van der Waals surface area contributed by atoms with Crippen LogP contribution in [0.2, 0.25) is 0 Å². The molecular weight excluding hydrogens is 208 g/mol. The maximum atomic E-state index is 9.85. The van der Waals surface area contributed by atoms with Gasteiger partial charge in [0.15, 0.2) is 0 Å². The first-order valence-electron chi connectivity index (χ1n) is 5.20. The zero-order valence-electron chi connectivity index (χ0n) is 9.50. The van der Waals surface area contributed by atoms with E-state index in [1.165, 1.54) is 0 Å². The lowest BCUT2D eigenvalue weighted by atomic mass is 9.96. The normalized spacial score (nSPS) is 16.8. The minimum Gasteiger partial charge on any atom is -0.394 e. The Morgan fingerprint density at radius 2 is 1.75 bits per heavy atom. The van der Waals surface area contributed by atoms with E-state index in [1.54, 1.807) is 19.2 Å².